The third-order valence-electron chi connectivity index (χ3n) is 5.42. The van der Waals surface area contributed by atoms with E-state index in [0.29, 0.717) is 11.3 Å². The summed E-state index contributed by atoms with van der Waals surface area (Å²) in [7, 11) is 0. The van der Waals surface area contributed by atoms with Gasteiger partial charge in [-0.2, -0.15) is 5.26 Å². The maximum atomic E-state index is 11.6. The quantitative estimate of drug-likeness (QED) is 0.553. The Kier molecular flexibility index (Phi) is 3.67. The SMILES string of the molecule is CC1(C)CCC[C@]2(C)[C@@H](C=O)C(/C=C/C#N)=CC[C@@H]12. The molecular weight excluding hydrogens is 234 g/mol. The first kappa shape index (κ1) is 14.1. The molecule has 1 saturated carbocycles. The van der Waals surface area contributed by atoms with E-state index in [-0.39, 0.29) is 11.3 Å². The lowest BCUT2D eigenvalue weighted by Gasteiger charge is -2.55. The number of hydrogen-bond acceptors (Lipinski definition) is 2. The number of nitriles is 1. The summed E-state index contributed by atoms with van der Waals surface area (Å²) in [6.07, 6.45) is 11.2. The smallest absolute Gasteiger partial charge is 0.127 e. The highest BCUT2D eigenvalue weighted by Gasteiger charge is 2.52. The summed E-state index contributed by atoms with van der Waals surface area (Å²) in [5.41, 5.74) is 1.38. The molecule has 0 aromatic heterocycles. The van der Waals surface area contributed by atoms with Gasteiger partial charge in [0.05, 0.1) is 6.07 Å². The molecule has 0 unspecified atom stereocenters. The summed E-state index contributed by atoms with van der Waals surface area (Å²) >= 11 is 0. The number of fused-ring (bicyclic) bond motifs is 1. The fraction of sp³-hybridized carbons (Fsp3) is 0.647. The Morgan fingerprint density at radius 1 is 1.37 bits per heavy atom. The summed E-state index contributed by atoms with van der Waals surface area (Å²) in [5, 5.41) is 8.68. The molecule has 3 atom stereocenters. The maximum Gasteiger partial charge on any atom is 0.127 e. The number of rotatable bonds is 2. The van der Waals surface area contributed by atoms with E-state index in [1.165, 1.54) is 18.9 Å². The van der Waals surface area contributed by atoms with E-state index in [0.717, 1.165) is 24.7 Å². The van der Waals surface area contributed by atoms with E-state index in [4.69, 9.17) is 5.26 Å². The molecule has 0 amide bonds. The Hall–Kier alpha value is -1.36. The van der Waals surface area contributed by atoms with Crippen molar-refractivity contribution in [3.8, 4) is 6.07 Å². The molecular formula is C17H23NO. The molecule has 0 heterocycles. The van der Waals surface area contributed by atoms with Gasteiger partial charge in [0.1, 0.15) is 6.29 Å². The van der Waals surface area contributed by atoms with Gasteiger partial charge in [-0.1, -0.05) is 33.3 Å². The van der Waals surface area contributed by atoms with Crippen molar-refractivity contribution in [1.29, 1.82) is 5.26 Å². The number of carbonyl (C=O) groups is 1. The second-order valence-corrected chi connectivity index (χ2v) is 6.92. The van der Waals surface area contributed by atoms with E-state index in [1.807, 2.05) is 12.1 Å². The fourth-order valence-corrected chi connectivity index (χ4v) is 4.43. The number of hydrogen-bond donors (Lipinski definition) is 0. The monoisotopic (exact) mass is 257 g/mol. The van der Waals surface area contributed by atoms with Crippen LogP contribution in [0.3, 0.4) is 0 Å². The van der Waals surface area contributed by atoms with Crippen molar-refractivity contribution in [1.82, 2.24) is 0 Å². The Morgan fingerprint density at radius 2 is 2.11 bits per heavy atom. The molecule has 0 N–H and O–H groups in total. The second-order valence-electron chi connectivity index (χ2n) is 6.92. The van der Waals surface area contributed by atoms with Crippen molar-refractivity contribution in [2.24, 2.45) is 22.7 Å². The van der Waals surface area contributed by atoms with Crippen LogP contribution in [0, 0.1) is 34.0 Å². The zero-order valence-corrected chi connectivity index (χ0v) is 12.1. The van der Waals surface area contributed by atoms with E-state index in [1.54, 1.807) is 0 Å². The van der Waals surface area contributed by atoms with Gasteiger partial charge >= 0.3 is 0 Å². The topological polar surface area (TPSA) is 40.9 Å². The van der Waals surface area contributed by atoms with Gasteiger partial charge in [-0.15, -0.1) is 0 Å². The molecule has 19 heavy (non-hydrogen) atoms. The zero-order valence-electron chi connectivity index (χ0n) is 12.1. The highest BCUT2D eigenvalue weighted by atomic mass is 16.1. The van der Waals surface area contributed by atoms with Crippen molar-refractivity contribution in [3.05, 3.63) is 23.8 Å². The molecule has 2 aliphatic rings. The van der Waals surface area contributed by atoms with Crippen LogP contribution < -0.4 is 0 Å². The van der Waals surface area contributed by atoms with Gasteiger partial charge in [-0.05, 0) is 47.7 Å². The van der Waals surface area contributed by atoms with Crippen LogP contribution in [0.5, 0.6) is 0 Å². The van der Waals surface area contributed by atoms with E-state index < -0.39 is 0 Å². The van der Waals surface area contributed by atoms with Crippen LogP contribution in [0.15, 0.2) is 23.8 Å². The fourth-order valence-electron chi connectivity index (χ4n) is 4.43. The minimum Gasteiger partial charge on any atom is -0.303 e. The predicted octanol–water partition coefficient (Wildman–Crippen LogP) is 4.04. The molecule has 2 nitrogen and oxygen atoms in total. The van der Waals surface area contributed by atoms with Crippen LogP contribution in [0.4, 0.5) is 0 Å². The molecule has 2 rings (SSSR count). The predicted molar refractivity (Wildman–Crippen MR) is 76.2 cm³/mol. The molecule has 0 aliphatic heterocycles. The van der Waals surface area contributed by atoms with E-state index in [9.17, 15) is 4.79 Å². The maximum absolute atomic E-state index is 11.6. The molecule has 0 saturated heterocycles. The third kappa shape index (κ3) is 2.27. The molecule has 0 radical (unpaired) electrons. The Morgan fingerprint density at radius 3 is 2.74 bits per heavy atom. The van der Waals surface area contributed by atoms with Gasteiger partial charge < -0.3 is 4.79 Å². The van der Waals surface area contributed by atoms with Gasteiger partial charge in [0.2, 0.25) is 0 Å². The molecule has 0 spiro atoms. The first-order valence-corrected chi connectivity index (χ1v) is 7.17. The van der Waals surface area contributed by atoms with Crippen LogP contribution in [0.25, 0.3) is 0 Å². The molecule has 1 fully saturated rings. The molecule has 0 aromatic rings. The summed E-state index contributed by atoms with van der Waals surface area (Å²) in [5.74, 6) is 0.499. The van der Waals surface area contributed by atoms with E-state index >= 15 is 0 Å². The lowest BCUT2D eigenvalue weighted by atomic mass is 9.49. The lowest BCUT2D eigenvalue weighted by molar-refractivity contribution is -0.119. The number of carbonyl (C=O) groups excluding carboxylic acids is 1. The summed E-state index contributed by atoms with van der Waals surface area (Å²) in [6, 6.07) is 2.02. The summed E-state index contributed by atoms with van der Waals surface area (Å²) in [6.45, 7) is 6.94. The summed E-state index contributed by atoms with van der Waals surface area (Å²) < 4.78 is 0. The average molecular weight is 257 g/mol. The number of nitrogens with zero attached hydrogens (tertiary/aromatic N) is 1. The minimum absolute atomic E-state index is 0.0490. The summed E-state index contributed by atoms with van der Waals surface area (Å²) in [4.78, 5) is 11.6. The zero-order chi connectivity index (χ0) is 14.1. The highest BCUT2D eigenvalue weighted by molar-refractivity contribution is 5.63. The van der Waals surface area contributed by atoms with Crippen molar-refractivity contribution < 1.29 is 4.79 Å². The molecule has 102 valence electrons. The molecule has 2 heteroatoms. The Bertz CT molecular complexity index is 466. The first-order chi connectivity index (χ1) is 8.95. The van der Waals surface area contributed by atoms with E-state index in [2.05, 4.69) is 26.8 Å². The van der Waals surface area contributed by atoms with Crippen LogP contribution >= 0.6 is 0 Å². The lowest BCUT2D eigenvalue weighted by Crippen LogP contribution is -2.49. The second kappa shape index (κ2) is 4.96. The molecule has 0 aromatic carbocycles. The van der Waals surface area contributed by atoms with Gasteiger partial charge in [0.15, 0.2) is 0 Å². The average Bonchev–Trinajstić information content (AvgIpc) is 2.34. The third-order valence-corrected chi connectivity index (χ3v) is 5.42. The normalized spacial score (nSPS) is 37.3. The largest absolute Gasteiger partial charge is 0.303 e. The molecule has 0 bridgehead atoms. The Labute approximate surface area is 116 Å². The van der Waals surface area contributed by atoms with Crippen LogP contribution in [0.1, 0.15) is 46.5 Å². The van der Waals surface area contributed by atoms with Crippen molar-refractivity contribution in [2.75, 3.05) is 0 Å². The minimum atomic E-state index is -0.0598. The van der Waals surface area contributed by atoms with Crippen LogP contribution in [-0.4, -0.2) is 6.29 Å². The van der Waals surface area contributed by atoms with Crippen LogP contribution in [0.2, 0.25) is 0 Å². The van der Waals surface area contributed by atoms with Gasteiger partial charge in [0.25, 0.3) is 0 Å². The standard InChI is InChI=1S/C17H23NO/c1-16(2)9-5-10-17(3)14(12-19)13(6-4-11-18)7-8-15(16)17/h4,6-7,12,14-15H,5,8-10H2,1-3H3/b6-4+/t14-,15-,17+/m0/s1. The van der Waals surface area contributed by atoms with Gasteiger partial charge in [0, 0.05) is 12.0 Å². The number of allylic oxidation sites excluding steroid dienone is 4. The number of aldehydes is 1. The van der Waals surface area contributed by atoms with Crippen LogP contribution in [-0.2, 0) is 4.79 Å². The van der Waals surface area contributed by atoms with Gasteiger partial charge in [-0.3, -0.25) is 0 Å². The first-order valence-electron chi connectivity index (χ1n) is 7.17. The van der Waals surface area contributed by atoms with Gasteiger partial charge in [-0.25, -0.2) is 0 Å². The molecule has 2 aliphatic carbocycles. The Balaban J connectivity index is 2.42. The highest BCUT2D eigenvalue weighted by Crippen LogP contribution is 2.59. The van der Waals surface area contributed by atoms with Crippen molar-refractivity contribution in [3.63, 3.8) is 0 Å². The van der Waals surface area contributed by atoms with Crippen molar-refractivity contribution >= 4 is 6.29 Å². The van der Waals surface area contributed by atoms with Crippen molar-refractivity contribution in [2.45, 2.75) is 46.5 Å².